The van der Waals surface area contributed by atoms with Gasteiger partial charge in [-0.25, -0.2) is 4.99 Å². The standard InChI is InChI=1S/C20H33N5O2.HI/c1-5-6-12-21-20(22-14-19(26)24(2)3)23-16-11-13-25(15-16)17-9-7-8-10-18(17)27-4;/h7-10,16H,5-6,11-15H2,1-4H3,(H2,21,22,23);1H. The summed E-state index contributed by atoms with van der Waals surface area (Å²) >= 11 is 0. The third-order valence-corrected chi connectivity index (χ3v) is 4.65. The van der Waals surface area contributed by atoms with E-state index in [2.05, 4.69) is 33.5 Å². The van der Waals surface area contributed by atoms with Gasteiger partial charge in [-0.2, -0.15) is 0 Å². The quantitative estimate of drug-likeness (QED) is 0.247. The Kier molecular flexibility index (Phi) is 11.0. The van der Waals surface area contributed by atoms with Gasteiger partial charge in [0, 0.05) is 39.8 Å². The molecule has 1 aromatic rings. The third-order valence-electron chi connectivity index (χ3n) is 4.65. The lowest BCUT2D eigenvalue weighted by molar-refractivity contribution is -0.127. The summed E-state index contributed by atoms with van der Waals surface area (Å²) in [5.74, 6) is 1.60. The Bertz CT molecular complexity index is 639. The number of halogens is 1. The van der Waals surface area contributed by atoms with Gasteiger partial charge < -0.3 is 25.2 Å². The van der Waals surface area contributed by atoms with Gasteiger partial charge in [0.25, 0.3) is 0 Å². The molecule has 28 heavy (non-hydrogen) atoms. The van der Waals surface area contributed by atoms with E-state index >= 15 is 0 Å². The summed E-state index contributed by atoms with van der Waals surface area (Å²) in [6.07, 6.45) is 3.19. The highest BCUT2D eigenvalue weighted by Crippen LogP contribution is 2.30. The first-order chi connectivity index (χ1) is 13.0. The number of ether oxygens (including phenoxy) is 1. The Hall–Kier alpha value is -1.71. The van der Waals surface area contributed by atoms with Gasteiger partial charge in [-0.3, -0.25) is 4.79 Å². The van der Waals surface area contributed by atoms with Crippen molar-refractivity contribution in [3.8, 4) is 5.75 Å². The molecule has 0 bridgehead atoms. The van der Waals surface area contributed by atoms with Crippen LogP contribution < -0.4 is 20.3 Å². The summed E-state index contributed by atoms with van der Waals surface area (Å²) in [7, 11) is 5.20. The van der Waals surface area contributed by atoms with Gasteiger partial charge in [-0.05, 0) is 25.0 Å². The molecule has 1 fully saturated rings. The van der Waals surface area contributed by atoms with E-state index in [1.807, 2.05) is 18.2 Å². The molecule has 7 nitrogen and oxygen atoms in total. The van der Waals surface area contributed by atoms with Crippen molar-refractivity contribution in [1.29, 1.82) is 0 Å². The predicted octanol–water partition coefficient (Wildman–Crippen LogP) is 2.32. The summed E-state index contributed by atoms with van der Waals surface area (Å²) in [4.78, 5) is 20.2. The van der Waals surface area contributed by atoms with Crippen molar-refractivity contribution < 1.29 is 9.53 Å². The minimum atomic E-state index is -0.00587. The van der Waals surface area contributed by atoms with Gasteiger partial charge in [-0.1, -0.05) is 25.5 Å². The first-order valence-electron chi connectivity index (χ1n) is 9.68. The number of nitrogens with one attached hydrogen (secondary N) is 2. The average Bonchev–Trinajstić information content (AvgIpc) is 3.14. The Morgan fingerprint density at radius 2 is 2.11 bits per heavy atom. The molecule has 2 N–H and O–H groups in total. The second-order valence-corrected chi connectivity index (χ2v) is 6.98. The summed E-state index contributed by atoms with van der Waals surface area (Å²) < 4.78 is 5.49. The second kappa shape index (κ2) is 12.7. The van der Waals surface area contributed by atoms with Crippen molar-refractivity contribution in [3.63, 3.8) is 0 Å². The summed E-state index contributed by atoms with van der Waals surface area (Å²) in [6.45, 7) is 4.98. The number of methoxy groups -OCH3 is 1. The number of rotatable bonds is 8. The number of benzene rings is 1. The number of carbonyl (C=O) groups excluding carboxylic acids is 1. The molecule has 8 heteroatoms. The van der Waals surface area contributed by atoms with E-state index in [9.17, 15) is 4.79 Å². The fourth-order valence-corrected chi connectivity index (χ4v) is 3.01. The van der Waals surface area contributed by atoms with E-state index < -0.39 is 0 Å². The minimum absolute atomic E-state index is 0. The number of hydrogen-bond donors (Lipinski definition) is 2. The zero-order chi connectivity index (χ0) is 19.6. The summed E-state index contributed by atoms with van der Waals surface area (Å²) in [5, 5.41) is 6.84. The van der Waals surface area contributed by atoms with Crippen molar-refractivity contribution in [2.24, 2.45) is 4.99 Å². The zero-order valence-corrected chi connectivity index (χ0v) is 19.7. The normalized spacial score (nSPS) is 16.4. The van der Waals surface area contributed by atoms with Gasteiger partial charge >= 0.3 is 0 Å². The number of amides is 1. The molecule has 1 saturated heterocycles. The van der Waals surface area contributed by atoms with Crippen molar-refractivity contribution in [1.82, 2.24) is 15.5 Å². The van der Waals surface area contributed by atoms with Crippen LogP contribution in [0.25, 0.3) is 0 Å². The van der Waals surface area contributed by atoms with Crippen LogP contribution in [-0.2, 0) is 4.79 Å². The lowest BCUT2D eigenvalue weighted by atomic mass is 10.2. The molecule has 0 aliphatic carbocycles. The van der Waals surface area contributed by atoms with E-state index in [-0.39, 0.29) is 42.5 Å². The lowest BCUT2D eigenvalue weighted by Gasteiger charge is -2.22. The van der Waals surface area contributed by atoms with E-state index in [1.54, 1.807) is 26.1 Å². The molecular formula is C20H34IN5O2. The molecule has 2 rings (SSSR count). The van der Waals surface area contributed by atoms with Crippen molar-refractivity contribution in [3.05, 3.63) is 24.3 Å². The van der Waals surface area contributed by atoms with Gasteiger partial charge in [0.15, 0.2) is 5.96 Å². The van der Waals surface area contributed by atoms with Gasteiger partial charge in [0.05, 0.1) is 12.8 Å². The number of guanidine groups is 1. The summed E-state index contributed by atoms with van der Waals surface area (Å²) in [6, 6.07) is 8.37. The van der Waals surface area contributed by atoms with Crippen LogP contribution in [0.15, 0.2) is 29.3 Å². The maximum Gasteiger partial charge on any atom is 0.243 e. The molecule has 1 aliphatic heterocycles. The minimum Gasteiger partial charge on any atom is -0.495 e. The fourth-order valence-electron chi connectivity index (χ4n) is 3.01. The van der Waals surface area contributed by atoms with E-state index in [4.69, 9.17) is 4.74 Å². The van der Waals surface area contributed by atoms with Gasteiger partial charge in [0.2, 0.25) is 5.91 Å². The molecule has 1 heterocycles. The van der Waals surface area contributed by atoms with E-state index in [0.717, 1.165) is 50.3 Å². The van der Waals surface area contributed by atoms with Gasteiger partial charge in [-0.15, -0.1) is 24.0 Å². The number of unbranched alkanes of at least 4 members (excludes halogenated alkanes) is 1. The number of para-hydroxylation sites is 2. The monoisotopic (exact) mass is 503 g/mol. The van der Waals surface area contributed by atoms with Crippen LogP contribution in [0.3, 0.4) is 0 Å². The molecule has 1 amide bonds. The average molecular weight is 503 g/mol. The molecule has 0 saturated carbocycles. The van der Waals surface area contributed by atoms with Crippen LogP contribution in [0.5, 0.6) is 5.75 Å². The number of nitrogens with zero attached hydrogens (tertiary/aromatic N) is 3. The van der Waals surface area contributed by atoms with Crippen molar-refractivity contribution in [2.75, 3.05) is 52.3 Å². The van der Waals surface area contributed by atoms with Crippen LogP contribution in [-0.4, -0.2) is 70.2 Å². The molecule has 158 valence electrons. The smallest absolute Gasteiger partial charge is 0.243 e. The number of carbonyl (C=O) groups is 1. The third kappa shape index (κ3) is 7.37. The van der Waals surface area contributed by atoms with Gasteiger partial charge in [0.1, 0.15) is 12.3 Å². The molecule has 0 radical (unpaired) electrons. The number of anilines is 1. The maximum atomic E-state index is 11.9. The summed E-state index contributed by atoms with van der Waals surface area (Å²) in [5.41, 5.74) is 1.12. The van der Waals surface area contributed by atoms with Crippen molar-refractivity contribution in [2.45, 2.75) is 32.2 Å². The van der Waals surface area contributed by atoms with Crippen LogP contribution in [0, 0.1) is 0 Å². The molecule has 1 aliphatic rings. The molecule has 1 unspecified atom stereocenters. The Balaban J connectivity index is 0.00000392. The predicted molar refractivity (Wildman–Crippen MR) is 126 cm³/mol. The molecular weight excluding hydrogens is 469 g/mol. The highest BCUT2D eigenvalue weighted by molar-refractivity contribution is 14.0. The second-order valence-electron chi connectivity index (χ2n) is 6.98. The van der Waals surface area contributed by atoms with Crippen LogP contribution in [0.1, 0.15) is 26.2 Å². The lowest BCUT2D eigenvalue weighted by Crippen LogP contribution is -2.45. The number of hydrogen-bond acceptors (Lipinski definition) is 4. The SMILES string of the molecule is CCCCNC(=NCC(=O)N(C)C)NC1CCN(c2ccccc2OC)C1.I. The largest absolute Gasteiger partial charge is 0.495 e. The van der Waals surface area contributed by atoms with E-state index in [1.165, 1.54) is 0 Å². The first-order valence-corrected chi connectivity index (χ1v) is 9.68. The van der Waals surface area contributed by atoms with Crippen LogP contribution in [0.4, 0.5) is 5.69 Å². The maximum absolute atomic E-state index is 11.9. The molecule has 0 aromatic heterocycles. The molecule has 0 spiro atoms. The molecule has 1 atom stereocenters. The Morgan fingerprint density at radius 1 is 1.36 bits per heavy atom. The zero-order valence-electron chi connectivity index (χ0n) is 17.4. The highest BCUT2D eigenvalue weighted by atomic mass is 127. The number of likely N-dealkylation sites (N-methyl/N-ethyl adjacent to an activating group) is 1. The topological polar surface area (TPSA) is 69.2 Å². The van der Waals surface area contributed by atoms with Crippen molar-refractivity contribution >= 4 is 41.5 Å². The van der Waals surface area contributed by atoms with E-state index in [0.29, 0.717) is 5.96 Å². The number of aliphatic imine (C=N–C) groups is 1. The Labute approximate surface area is 185 Å². The fraction of sp³-hybridized carbons (Fsp3) is 0.600. The van der Waals surface area contributed by atoms with Crippen LogP contribution >= 0.6 is 24.0 Å². The highest BCUT2D eigenvalue weighted by Gasteiger charge is 2.25. The Morgan fingerprint density at radius 3 is 2.79 bits per heavy atom. The van der Waals surface area contributed by atoms with Crippen LogP contribution in [0.2, 0.25) is 0 Å². The first kappa shape index (κ1) is 24.3. The molecule has 1 aromatic carbocycles.